The van der Waals surface area contributed by atoms with Gasteiger partial charge in [0.2, 0.25) is 0 Å². The van der Waals surface area contributed by atoms with Crippen LogP contribution >= 0.6 is 11.8 Å². The first kappa shape index (κ1) is 15.3. The van der Waals surface area contributed by atoms with Gasteiger partial charge in [0.15, 0.2) is 6.10 Å². The molecule has 0 aliphatic carbocycles. The van der Waals surface area contributed by atoms with E-state index in [0.717, 1.165) is 17.3 Å². The van der Waals surface area contributed by atoms with E-state index in [-0.39, 0.29) is 11.8 Å². The molecular weight excluding hydrogens is 263 g/mol. The summed E-state index contributed by atoms with van der Waals surface area (Å²) in [5, 5.41) is 11.9. The van der Waals surface area contributed by atoms with Gasteiger partial charge < -0.3 is 10.4 Å². The number of alkyl halides is 3. The average molecular weight is 279 g/mol. The van der Waals surface area contributed by atoms with Gasteiger partial charge in [-0.25, -0.2) is 0 Å². The first-order valence-electron chi connectivity index (χ1n) is 5.49. The van der Waals surface area contributed by atoms with Crippen LogP contribution in [0.15, 0.2) is 29.2 Å². The molecule has 102 valence electrons. The quantitative estimate of drug-likeness (QED) is 0.813. The molecule has 6 heteroatoms. The lowest BCUT2D eigenvalue weighted by Gasteiger charge is -2.14. The van der Waals surface area contributed by atoms with Crippen molar-refractivity contribution in [1.29, 1.82) is 0 Å². The van der Waals surface area contributed by atoms with Crippen molar-refractivity contribution < 1.29 is 18.3 Å². The smallest absolute Gasteiger partial charge is 0.383 e. The third-order valence-electron chi connectivity index (χ3n) is 2.60. The Morgan fingerprint density at radius 2 is 1.83 bits per heavy atom. The molecular formula is C12H16F3NOS. The summed E-state index contributed by atoms with van der Waals surface area (Å²) >= 11 is 0.993. The van der Waals surface area contributed by atoms with E-state index < -0.39 is 12.3 Å². The van der Waals surface area contributed by atoms with Gasteiger partial charge in [0, 0.05) is 16.7 Å². The molecule has 0 aromatic heterocycles. The summed E-state index contributed by atoms with van der Waals surface area (Å²) < 4.78 is 36.3. The molecule has 1 aromatic rings. The van der Waals surface area contributed by atoms with Gasteiger partial charge in [-0.2, -0.15) is 13.2 Å². The second kappa shape index (κ2) is 6.45. The fourth-order valence-corrected chi connectivity index (χ4v) is 2.16. The predicted molar refractivity (Wildman–Crippen MR) is 66.7 cm³/mol. The Morgan fingerprint density at radius 3 is 2.28 bits per heavy atom. The van der Waals surface area contributed by atoms with Crippen LogP contribution in [0.5, 0.6) is 0 Å². The van der Waals surface area contributed by atoms with Crippen LogP contribution in [0.3, 0.4) is 0 Å². The van der Waals surface area contributed by atoms with E-state index in [1.54, 1.807) is 12.1 Å². The minimum absolute atomic E-state index is 0.199. The van der Waals surface area contributed by atoms with Gasteiger partial charge in [0.25, 0.3) is 0 Å². The van der Waals surface area contributed by atoms with Crippen molar-refractivity contribution in [3.63, 3.8) is 0 Å². The average Bonchev–Trinajstić information content (AvgIpc) is 2.34. The lowest BCUT2D eigenvalue weighted by molar-refractivity contribution is -0.195. The standard InChI is InChI=1S/C12H16F3NOS/c1-8(16-2)9-3-5-10(6-4-9)18-7-11(17)12(13,14)15/h3-6,8,11,16-17H,7H2,1-2H3. The van der Waals surface area contributed by atoms with Crippen LogP contribution in [0.25, 0.3) is 0 Å². The van der Waals surface area contributed by atoms with Crippen molar-refractivity contribution in [3.8, 4) is 0 Å². The zero-order valence-corrected chi connectivity index (χ0v) is 11.0. The minimum atomic E-state index is -4.55. The number of thioether (sulfide) groups is 1. The van der Waals surface area contributed by atoms with E-state index >= 15 is 0 Å². The van der Waals surface area contributed by atoms with Crippen LogP contribution in [0, 0.1) is 0 Å². The third-order valence-corrected chi connectivity index (χ3v) is 3.69. The molecule has 0 saturated heterocycles. The molecule has 0 spiro atoms. The molecule has 18 heavy (non-hydrogen) atoms. The lowest BCUT2D eigenvalue weighted by Crippen LogP contribution is -2.30. The summed E-state index contributed by atoms with van der Waals surface area (Å²) in [5.74, 6) is -0.384. The summed E-state index contributed by atoms with van der Waals surface area (Å²) in [5.41, 5.74) is 1.07. The van der Waals surface area contributed by atoms with Gasteiger partial charge in [-0.3, -0.25) is 0 Å². The van der Waals surface area contributed by atoms with Crippen LogP contribution < -0.4 is 5.32 Å². The Hall–Kier alpha value is -0.720. The van der Waals surface area contributed by atoms with Crippen LogP contribution in [0.4, 0.5) is 13.2 Å². The van der Waals surface area contributed by atoms with E-state index in [2.05, 4.69) is 5.32 Å². The molecule has 0 bridgehead atoms. The summed E-state index contributed by atoms with van der Waals surface area (Å²) in [6.07, 6.45) is -6.83. The van der Waals surface area contributed by atoms with Gasteiger partial charge in [0.1, 0.15) is 0 Å². The fraction of sp³-hybridized carbons (Fsp3) is 0.500. The highest BCUT2D eigenvalue weighted by atomic mass is 32.2. The second-order valence-corrected chi connectivity index (χ2v) is 5.04. The molecule has 2 unspecified atom stereocenters. The molecule has 0 saturated carbocycles. The van der Waals surface area contributed by atoms with Gasteiger partial charge >= 0.3 is 6.18 Å². The zero-order chi connectivity index (χ0) is 13.8. The van der Waals surface area contributed by atoms with Gasteiger partial charge in [-0.1, -0.05) is 12.1 Å². The SMILES string of the molecule is CNC(C)c1ccc(SCC(O)C(F)(F)F)cc1. The third kappa shape index (κ3) is 4.51. The van der Waals surface area contributed by atoms with Crippen LogP contribution in [0.2, 0.25) is 0 Å². The van der Waals surface area contributed by atoms with Crippen molar-refractivity contribution in [2.45, 2.75) is 30.1 Å². The van der Waals surface area contributed by atoms with Crippen molar-refractivity contribution in [2.75, 3.05) is 12.8 Å². The monoisotopic (exact) mass is 279 g/mol. The normalized spacial score (nSPS) is 15.4. The number of aliphatic hydroxyl groups is 1. The van der Waals surface area contributed by atoms with Crippen LogP contribution in [-0.2, 0) is 0 Å². The van der Waals surface area contributed by atoms with E-state index in [1.165, 1.54) is 0 Å². The largest absolute Gasteiger partial charge is 0.415 e. The molecule has 2 atom stereocenters. The molecule has 2 nitrogen and oxygen atoms in total. The molecule has 0 aliphatic rings. The Morgan fingerprint density at radius 1 is 1.28 bits per heavy atom. The van der Waals surface area contributed by atoms with E-state index in [9.17, 15) is 13.2 Å². The van der Waals surface area contributed by atoms with E-state index in [1.807, 2.05) is 26.1 Å². The molecule has 0 radical (unpaired) electrons. The molecule has 1 rings (SSSR count). The summed E-state index contributed by atoms with van der Waals surface area (Å²) in [6, 6.07) is 7.45. The fourth-order valence-electron chi connectivity index (χ4n) is 1.29. The number of halogens is 3. The highest BCUT2D eigenvalue weighted by Crippen LogP contribution is 2.27. The highest BCUT2D eigenvalue weighted by Gasteiger charge is 2.37. The van der Waals surface area contributed by atoms with Crippen molar-refractivity contribution in [2.24, 2.45) is 0 Å². The van der Waals surface area contributed by atoms with Gasteiger partial charge in [0.05, 0.1) is 0 Å². The second-order valence-electron chi connectivity index (χ2n) is 3.95. The minimum Gasteiger partial charge on any atom is -0.383 e. The number of benzene rings is 1. The van der Waals surface area contributed by atoms with E-state index in [4.69, 9.17) is 5.11 Å². The maximum atomic E-state index is 12.1. The lowest BCUT2D eigenvalue weighted by atomic mass is 10.1. The predicted octanol–water partition coefficient (Wildman–Crippen LogP) is 2.98. The van der Waals surface area contributed by atoms with Crippen molar-refractivity contribution in [3.05, 3.63) is 29.8 Å². The maximum Gasteiger partial charge on any atom is 0.415 e. The van der Waals surface area contributed by atoms with Crippen LogP contribution in [0.1, 0.15) is 18.5 Å². The first-order chi connectivity index (χ1) is 8.34. The first-order valence-corrected chi connectivity index (χ1v) is 6.48. The van der Waals surface area contributed by atoms with E-state index in [0.29, 0.717) is 4.90 Å². The maximum absolute atomic E-state index is 12.1. The Bertz CT molecular complexity index is 367. The Labute approximate surface area is 109 Å². The summed E-state index contributed by atoms with van der Waals surface area (Å²) in [4.78, 5) is 0.713. The molecule has 0 aliphatic heterocycles. The molecule has 0 fully saturated rings. The zero-order valence-electron chi connectivity index (χ0n) is 10.2. The van der Waals surface area contributed by atoms with Gasteiger partial charge in [-0.05, 0) is 31.7 Å². The highest BCUT2D eigenvalue weighted by molar-refractivity contribution is 7.99. The van der Waals surface area contributed by atoms with Crippen molar-refractivity contribution >= 4 is 11.8 Å². The molecule has 1 aromatic carbocycles. The number of hydrogen-bond acceptors (Lipinski definition) is 3. The number of nitrogens with one attached hydrogen (secondary N) is 1. The molecule has 0 heterocycles. The van der Waals surface area contributed by atoms with Crippen LogP contribution in [-0.4, -0.2) is 30.2 Å². The molecule has 2 N–H and O–H groups in total. The summed E-state index contributed by atoms with van der Waals surface area (Å²) in [7, 11) is 1.84. The Balaban J connectivity index is 2.54. The van der Waals surface area contributed by atoms with Crippen molar-refractivity contribution in [1.82, 2.24) is 5.32 Å². The number of rotatable bonds is 5. The Kier molecular flexibility index (Phi) is 5.49. The molecule has 0 amide bonds. The number of hydrogen-bond donors (Lipinski definition) is 2. The summed E-state index contributed by atoms with van der Waals surface area (Å²) in [6.45, 7) is 2.00. The van der Waals surface area contributed by atoms with Gasteiger partial charge in [-0.15, -0.1) is 11.8 Å². The topological polar surface area (TPSA) is 32.3 Å². The number of aliphatic hydroxyl groups excluding tert-OH is 1.